The number of carbonyl (C=O) groups is 1. The topological polar surface area (TPSA) is 20.3 Å². The van der Waals surface area contributed by atoms with Gasteiger partial charge in [-0.3, -0.25) is 4.79 Å². The molecule has 1 aliphatic carbocycles. The van der Waals surface area contributed by atoms with Gasteiger partial charge >= 0.3 is 0 Å². The molecule has 1 heterocycles. The number of allylic oxidation sites excluding steroid dienone is 2. The average molecular weight is 311 g/mol. The number of piperidine rings is 1. The highest BCUT2D eigenvalue weighted by Gasteiger charge is 2.24. The van der Waals surface area contributed by atoms with Gasteiger partial charge in [0.25, 0.3) is 0 Å². The molecule has 124 valence electrons. The smallest absolute Gasteiger partial charge is 0.223 e. The molecule has 0 bridgehead atoms. The first-order valence-corrected chi connectivity index (χ1v) is 9.20. The third-order valence-corrected chi connectivity index (χ3v) is 5.48. The SMILES string of the molecule is Cc1ccc(CCC2CCN(C(=O)CC3C=CCC3)CC2)cc1. The van der Waals surface area contributed by atoms with Gasteiger partial charge in [0.15, 0.2) is 0 Å². The molecule has 2 nitrogen and oxygen atoms in total. The summed E-state index contributed by atoms with van der Waals surface area (Å²) in [6, 6.07) is 8.91. The lowest BCUT2D eigenvalue weighted by Gasteiger charge is -2.32. The molecule has 0 radical (unpaired) electrons. The van der Waals surface area contributed by atoms with E-state index in [1.165, 1.54) is 43.2 Å². The van der Waals surface area contributed by atoms with Gasteiger partial charge in [-0.05, 0) is 62.8 Å². The van der Waals surface area contributed by atoms with E-state index in [-0.39, 0.29) is 0 Å². The van der Waals surface area contributed by atoms with Gasteiger partial charge in [-0.15, -0.1) is 0 Å². The second-order valence-corrected chi connectivity index (χ2v) is 7.32. The van der Waals surface area contributed by atoms with Crippen LogP contribution in [0.2, 0.25) is 0 Å². The number of nitrogens with zero attached hydrogens (tertiary/aromatic N) is 1. The Labute approximate surface area is 140 Å². The molecule has 2 aliphatic rings. The summed E-state index contributed by atoms with van der Waals surface area (Å²) in [6.45, 7) is 4.07. The lowest BCUT2D eigenvalue weighted by Crippen LogP contribution is -2.39. The number of hydrogen-bond acceptors (Lipinski definition) is 1. The summed E-state index contributed by atoms with van der Waals surface area (Å²) in [5.74, 6) is 1.66. The van der Waals surface area contributed by atoms with E-state index in [1.54, 1.807) is 0 Å². The number of amides is 1. The van der Waals surface area contributed by atoms with Gasteiger partial charge in [0.05, 0.1) is 0 Å². The quantitative estimate of drug-likeness (QED) is 0.732. The van der Waals surface area contributed by atoms with Crippen molar-refractivity contribution >= 4 is 5.91 Å². The molecule has 23 heavy (non-hydrogen) atoms. The summed E-state index contributed by atoms with van der Waals surface area (Å²) in [6.07, 6.45) is 12.3. The van der Waals surface area contributed by atoms with Crippen LogP contribution in [0.25, 0.3) is 0 Å². The Bertz CT molecular complexity index is 537. The third-order valence-electron chi connectivity index (χ3n) is 5.48. The van der Waals surface area contributed by atoms with E-state index >= 15 is 0 Å². The van der Waals surface area contributed by atoms with Gasteiger partial charge in [-0.25, -0.2) is 0 Å². The van der Waals surface area contributed by atoms with Crippen molar-refractivity contribution in [2.24, 2.45) is 11.8 Å². The van der Waals surface area contributed by atoms with Crippen molar-refractivity contribution in [3.05, 3.63) is 47.5 Å². The molecule has 1 fully saturated rings. The van der Waals surface area contributed by atoms with Crippen molar-refractivity contribution in [1.29, 1.82) is 0 Å². The molecule has 3 rings (SSSR count). The predicted molar refractivity (Wildman–Crippen MR) is 95.3 cm³/mol. The molecular weight excluding hydrogens is 282 g/mol. The monoisotopic (exact) mass is 311 g/mol. The zero-order valence-electron chi connectivity index (χ0n) is 14.3. The molecular formula is C21H29NO. The summed E-state index contributed by atoms with van der Waals surface area (Å²) in [5.41, 5.74) is 2.78. The number of benzene rings is 1. The van der Waals surface area contributed by atoms with Crippen LogP contribution < -0.4 is 0 Å². The highest BCUT2D eigenvalue weighted by atomic mass is 16.2. The van der Waals surface area contributed by atoms with Crippen LogP contribution in [0.5, 0.6) is 0 Å². The molecule has 2 heteroatoms. The normalized spacial score (nSPS) is 21.8. The molecule has 1 aromatic rings. The first-order valence-electron chi connectivity index (χ1n) is 9.20. The van der Waals surface area contributed by atoms with Gasteiger partial charge in [0.2, 0.25) is 5.91 Å². The minimum atomic E-state index is 0.374. The van der Waals surface area contributed by atoms with Gasteiger partial charge in [-0.2, -0.15) is 0 Å². The van der Waals surface area contributed by atoms with Crippen LogP contribution >= 0.6 is 0 Å². The Hall–Kier alpha value is -1.57. The third kappa shape index (κ3) is 4.70. The Kier molecular flexibility index (Phi) is 5.53. The molecule has 1 amide bonds. The summed E-state index contributed by atoms with van der Waals surface area (Å²) >= 11 is 0. The van der Waals surface area contributed by atoms with Crippen molar-refractivity contribution < 1.29 is 4.79 Å². The van der Waals surface area contributed by atoms with E-state index in [0.717, 1.165) is 31.8 Å². The van der Waals surface area contributed by atoms with Crippen molar-refractivity contribution in [2.75, 3.05) is 13.1 Å². The Morgan fingerprint density at radius 2 is 1.87 bits per heavy atom. The fraction of sp³-hybridized carbons (Fsp3) is 0.571. The molecule has 0 aromatic heterocycles. The Morgan fingerprint density at radius 3 is 2.52 bits per heavy atom. The van der Waals surface area contributed by atoms with Crippen LogP contribution in [0, 0.1) is 18.8 Å². The van der Waals surface area contributed by atoms with E-state index in [0.29, 0.717) is 11.8 Å². The molecule has 1 aliphatic heterocycles. The Balaban J connectivity index is 1.38. The van der Waals surface area contributed by atoms with Crippen molar-refractivity contribution in [3.63, 3.8) is 0 Å². The number of aryl methyl sites for hydroxylation is 2. The van der Waals surface area contributed by atoms with E-state index in [9.17, 15) is 4.79 Å². The molecule has 0 saturated carbocycles. The first-order chi connectivity index (χ1) is 11.2. The van der Waals surface area contributed by atoms with Crippen molar-refractivity contribution in [3.8, 4) is 0 Å². The van der Waals surface area contributed by atoms with Gasteiger partial charge in [-0.1, -0.05) is 42.0 Å². The average Bonchev–Trinajstić information content (AvgIpc) is 3.08. The molecule has 1 unspecified atom stereocenters. The Morgan fingerprint density at radius 1 is 1.13 bits per heavy atom. The van der Waals surface area contributed by atoms with Crippen LogP contribution in [-0.2, 0) is 11.2 Å². The number of hydrogen-bond donors (Lipinski definition) is 0. The minimum Gasteiger partial charge on any atom is -0.343 e. The summed E-state index contributed by atoms with van der Waals surface area (Å²) in [4.78, 5) is 14.5. The second kappa shape index (κ2) is 7.81. The standard InChI is InChI=1S/C21H29NO/c1-17-6-8-18(9-7-17)10-11-19-12-14-22(15-13-19)21(23)16-20-4-2-3-5-20/h2,4,6-9,19-20H,3,5,10-16H2,1H3. The lowest BCUT2D eigenvalue weighted by atomic mass is 9.90. The van der Waals surface area contributed by atoms with Crippen LogP contribution in [0.3, 0.4) is 0 Å². The van der Waals surface area contributed by atoms with E-state index in [1.807, 2.05) is 0 Å². The van der Waals surface area contributed by atoms with Crippen LogP contribution in [-0.4, -0.2) is 23.9 Å². The fourth-order valence-corrected chi connectivity index (χ4v) is 3.82. The van der Waals surface area contributed by atoms with Crippen LogP contribution in [0.1, 0.15) is 49.7 Å². The molecule has 1 aromatic carbocycles. The molecule has 1 atom stereocenters. The minimum absolute atomic E-state index is 0.374. The fourth-order valence-electron chi connectivity index (χ4n) is 3.82. The van der Waals surface area contributed by atoms with Crippen LogP contribution in [0.15, 0.2) is 36.4 Å². The molecule has 0 spiro atoms. The second-order valence-electron chi connectivity index (χ2n) is 7.32. The highest BCUT2D eigenvalue weighted by Crippen LogP contribution is 2.25. The largest absolute Gasteiger partial charge is 0.343 e. The van der Waals surface area contributed by atoms with E-state index < -0.39 is 0 Å². The van der Waals surface area contributed by atoms with Crippen molar-refractivity contribution in [1.82, 2.24) is 4.90 Å². The van der Waals surface area contributed by atoms with Crippen molar-refractivity contribution in [2.45, 2.75) is 51.9 Å². The number of rotatable bonds is 5. The summed E-state index contributed by atoms with van der Waals surface area (Å²) in [7, 11) is 0. The number of likely N-dealkylation sites (tertiary alicyclic amines) is 1. The molecule has 0 N–H and O–H groups in total. The zero-order chi connectivity index (χ0) is 16.1. The zero-order valence-corrected chi connectivity index (χ0v) is 14.3. The predicted octanol–water partition coefficient (Wildman–Crippen LogP) is 4.52. The summed E-state index contributed by atoms with van der Waals surface area (Å²) in [5, 5.41) is 0. The maximum Gasteiger partial charge on any atom is 0.223 e. The van der Waals surface area contributed by atoms with Gasteiger partial charge in [0.1, 0.15) is 0 Å². The maximum absolute atomic E-state index is 12.4. The first kappa shape index (κ1) is 16.3. The molecule has 1 saturated heterocycles. The lowest BCUT2D eigenvalue weighted by molar-refractivity contribution is -0.133. The van der Waals surface area contributed by atoms with E-state index in [2.05, 4.69) is 48.2 Å². The number of carbonyl (C=O) groups excluding carboxylic acids is 1. The summed E-state index contributed by atoms with van der Waals surface area (Å²) < 4.78 is 0. The van der Waals surface area contributed by atoms with Gasteiger partial charge < -0.3 is 4.90 Å². The maximum atomic E-state index is 12.4. The van der Waals surface area contributed by atoms with Gasteiger partial charge in [0, 0.05) is 19.5 Å². The highest BCUT2D eigenvalue weighted by molar-refractivity contribution is 5.76. The van der Waals surface area contributed by atoms with Crippen LogP contribution in [0.4, 0.5) is 0 Å². The van der Waals surface area contributed by atoms with E-state index in [4.69, 9.17) is 0 Å².